The summed E-state index contributed by atoms with van der Waals surface area (Å²) in [7, 11) is -1.90. The van der Waals surface area contributed by atoms with Crippen LogP contribution in [0.1, 0.15) is 11.5 Å². The van der Waals surface area contributed by atoms with Crippen LogP contribution in [0.5, 0.6) is 0 Å². The van der Waals surface area contributed by atoms with Gasteiger partial charge in [-0.3, -0.25) is 4.90 Å². The highest BCUT2D eigenvalue weighted by Gasteiger charge is 2.22. The van der Waals surface area contributed by atoms with Gasteiger partial charge in [0.25, 0.3) is 0 Å². The summed E-state index contributed by atoms with van der Waals surface area (Å²) in [6, 6.07) is 12.7. The van der Waals surface area contributed by atoms with Crippen molar-refractivity contribution in [3.05, 3.63) is 58.9 Å². The number of sulfonamides is 1. The number of hydrogen-bond acceptors (Lipinski definition) is 8. The fourth-order valence-corrected chi connectivity index (χ4v) is 5.77. The molecule has 32 heavy (non-hydrogen) atoms. The molecule has 2 N–H and O–H groups in total. The minimum Gasteiger partial charge on any atom is -0.419 e. The summed E-state index contributed by atoms with van der Waals surface area (Å²) in [6.45, 7) is 4.32. The molecule has 1 saturated heterocycles. The molecular formula is C21H24ClN5O3S2. The van der Waals surface area contributed by atoms with Gasteiger partial charge in [0.2, 0.25) is 21.8 Å². The van der Waals surface area contributed by atoms with Crippen LogP contribution in [0.2, 0.25) is 5.02 Å². The van der Waals surface area contributed by atoms with E-state index in [2.05, 4.69) is 27.0 Å². The van der Waals surface area contributed by atoms with Crippen LogP contribution in [0.4, 0.5) is 0 Å². The molecule has 1 aliphatic rings. The van der Waals surface area contributed by atoms with E-state index in [1.165, 1.54) is 17.8 Å². The Morgan fingerprint density at radius 1 is 1.12 bits per heavy atom. The summed E-state index contributed by atoms with van der Waals surface area (Å²) in [6.07, 6.45) is 0. The maximum atomic E-state index is 12.3. The summed E-state index contributed by atoms with van der Waals surface area (Å²) >= 11 is 7.85. The Labute approximate surface area is 196 Å². The largest absolute Gasteiger partial charge is 0.419 e. The van der Waals surface area contributed by atoms with Crippen LogP contribution in [0.3, 0.4) is 0 Å². The molecule has 170 valence electrons. The van der Waals surface area contributed by atoms with Gasteiger partial charge in [-0.1, -0.05) is 41.9 Å². The minimum atomic E-state index is -3.99. The smallest absolute Gasteiger partial charge is 0.249 e. The SMILES string of the molecule is CN1CCN(Cc2nnc(-c3cc(S(N)(=O)=O)c(SCc4ccccc4)cc3Cl)o2)CC1. The lowest BCUT2D eigenvalue weighted by molar-refractivity contribution is 0.138. The third kappa shape index (κ3) is 5.69. The van der Waals surface area contributed by atoms with Crippen molar-refractivity contribution in [2.24, 2.45) is 5.14 Å². The van der Waals surface area contributed by atoms with Gasteiger partial charge < -0.3 is 9.32 Å². The Kier molecular flexibility index (Phi) is 7.18. The van der Waals surface area contributed by atoms with Gasteiger partial charge in [-0.25, -0.2) is 13.6 Å². The van der Waals surface area contributed by atoms with Gasteiger partial charge in [0.15, 0.2) is 0 Å². The number of aromatic nitrogens is 2. The van der Waals surface area contributed by atoms with Crippen LogP contribution in [0, 0.1) is 0 Å². The van der Waals surface area contributed by atoms with E-state index in [4.69, 9.17) is 21.2 Å². The van der Waals surface area contributed by atoms with Crippen molar-refractivity contribution >= 4 is 33.4 Å². The van der Waals surface area contributed by atoms with E-state index in [9.17, 15) is 8.42 Å². The number of rotatable bonds is 7. The van der Waals surface area contributed by atoms with E-state index in [0.29, 0.717) is 33.7 Å². The average molecular weight is 494 g/mol. The van der Waals surface area contributed by atoms with Gasteiger partial charge in [0.1, 0.15) is 0 Å². The van der Waals surface area contributed by atoms with Crippen molar-refractivity contribution in [2.75, 3.05) is 33.2 Å². The zero-order valence-electron chi connectivity index (χ0n) is 17.6. The molecule has 2 aromatic carbocycles. The molecule has 11 heteroatoms. The zero-order valence-corrected chi connectivity index (χ0v) is 20.0. The number of halogens is 1. The first-order chi connectivity index (χ1) is 15.3. The Balaban J connectivity index is 1.57. The first kappa shape index (κ1) is 23.2. The lowest BCUT2D eigenvalue weighted by Gasteiger charge is -2.31. The molecule has 4 rings (SSSR count). The second kappa shape index (κ2) is 9.90. The second-order valence-corrected chi connectivity index (χ2v) is 10.6. The number of nitrogens with two attached hydrogens (primary N) is 1. The summed E-state index contributed by atoms with van der Waals surface area (Å²) in [5.74, 6) is 1.21. The topological polar surface area (TPSA) is 106 Å². The van der Waals surface area contributed by atoms with Crippen LogP contribution in [-0.2, 0) is 22.3 Å². The van der Waals surface area contributed by atoms with Crippen molar-refractivity contribution < 1.29 is 12.8 Å². The van der Waals surface area contributed by atoms with Crippen LogP contribution in [0.15, 0.2) is 56.7 Å². The van der Waals surface area contributed by atoms with Gasteiger partial charge in [0, 0.05) is 36.8 Å². The predicted octanol–water partition coefficient (Wildman–Crippen LogP) is 3.08. The van der Waals surface area contributed by atoms with Gasteiger partial charge in [-0.15, -0.1) is 22.0 Å². The highest BCUT2D eigenvalue weighted by Crippen LogP contribution is 2.37. The van der Waals surface area contributed by atoms with E-state index in [1.54, 1.807) is 6.07 Å². The van der Waals surface area contributed by atoms with Crippen molar-refractivity contribution in [3.8, 4) is 11.5 Å². The molecule has 0 bridgehead atoms. The molecule has 0 unspecified atom stereocenters. The van der Waals surface area contributed by atoms with Crippen LogP contribution in [0.25, 0.3) is 11.5 Å². The third-order valence-electron chi connectivity index (χ3n) is 5.23. The van der Waals surface area contributed by atoms with E-state index in [0.717, 1.165) is 31.7 Å². The highest BCUT2D eigenvalue weighted by atomic mass is 35.5. The van der Waals surface area contributed by atoms with Gasteiger partial charge >= 0.3 is 0 Å². The second-order valence-electron chi connectivity index (χ2n) is 7.68. The number of thioether (sulfide) groups is 1. The normalized spacial score (nSPS) is 15.8. The molecule has 1 aliphatic heterocycles. The quantitative estimate of drug-likeness (QED) is 0.500. The average Bonchev–Trinajstić information content (AvgIpc) is 3.22. The monoisotopic (exact) mass is 493 g/mol. The molecule has 0 radical (unpaired) electrons. The fourth-order valence-electron chi connectivity index (χ4n) is 3.39. The highest BCUT2D eigenvalue weighted by molar-refractivity contribution is 7.99. The maximum Gasteiger partial charge on any atom is 0.249 e. The number of benzene rings is 2. The van der Waals surface area contributed by atoms with Crippen LogP contribution >= 0.6 is 23.4 Å². The molecule has 1 fully saturated rings. The third-order valence-corrected chi connectivity index (χ3v) is 7.75. The molecule has 8 nitrogen and oxygen atoms in total. The van der Waals surface area contributed by atoms with Crippen molar-refractivity contribution in [1.82, 2.24) is 20.0 Å². The number of primary sulfonamides is 1. The maximum absolute atomic E-state index is 12.3. The van der Waals surface area contributed by atoms with Crippen molar-refractivity contribution in [3.63, 3.8) is 0 Å². The summed E-state index contributed by atoms with van der Waals surface area (Å²) in [5.41, 5.74) is 1.40. The van der Waals surface area contributed by atoms with Crippen LogP contribution < -0.4 is 5.14 Å². The first-order valence-electron chi connectivity index (χ1n) is 10.1. The molecule has 0 saturated carbocycles. The molecule has 0 atom stereocenters. The number of piperazine rings is 1. The summed E-state index contributed by atoms with van der Waals surface area (Å²) in [5, 5.41) is 14.0. The molecule has 0 spiro atoms. The van der Waals surface area contributed by atoms with Crippen molar-refractivity contribution in [1.29, 1.82) is 0 Å². The van der Waals surface area contributed by atoms with E-state index in [1.807, 2.05) is 30.3 Å². The molecule has 3 aromatic rings. The molecule has 1 aromatic heterocycles. The Morgan fingerprint density at radius 2 is 1.84 bits per heavy atom. The Hall–Kier alpha value is -1.95. The fraction of sp³-hybridized carbons (Fsp3) is 0.333. The molecule has 0 aliphatic carbocycles. The first-order valence-corrected chi connectivity index (χ1v) is 13.0. The summed E-state index contributed by atoms with van der Waals surface area (Å²) < 4.78 is 30.4. The van der Waals surface area contributed by atoms with E-state index in [-0.39, 0.29) is 10.8 Å². The van der Waals surface area contributed by atoms with Crippen molar-refractivity contribution in [2.45, 2.75) is 22.1 Å². The van der Waals surface area contributed by atoms with Gasteiger partial charge in [0.05, 0.1) is 22.0 Å². The minimum absolute atomic E-state index is 0.0170. The Bertz CT molecular complexity index is 1180. The molecule has 2 heterocycles. The van der Waals surface area contributed by atoms with E-state index < -0.39 is 10.0 Å². The van der Waals surface area contributed by atoms with E-state index >= 15 is 0 Å². The van der Waals surface area contributed by atoms with Gasteiger partial charge in [-0.05, 0) is 24.7 Å². The lowest BCUT2D eigenvalue weighted by Crippen LogP contribution is -2.43. The molecule has 0 amide bonds. The number of nitrogens with zero attached hydrogens (tertiary/aromatic N) is 4. The summed E-state index contributed by atoms with van der Waals surface area (Å²) in [4.78, 5) is 4.96. The standard InChI is InChI=1S/C21H24ClN5O3S2/c1-26-7-9-27(10-8-26)13-20-24-25-21(30-20)16-11-19(32(23,28)29)18(12-17(16)22)31-14-15-5-3-2-4-6-15/h2-6,11-12H,7-10,13-14H2,1H3,(H2,23,28,29). The molecular weight excluding hydrogens is 470 g/mol. The van der Waals surface area contributed by atoms with Crippen LogP contribution in [-0.4, -0.2) is 61.6 Å². The predicted molar refractivity (Wildman–Crippen MR) is 125 cm³/mol. The Morgan fingerprint density at radius 3 is 2.53 bits per heavy atom. The lowest BCUT2D eigenvalue weighted by atomic mass is 10.2. The van der Waals surface area contributed by atoms with Gasteiger partial charge in [-0.2, -0.15) is 0 Å². The number of likely N-dealkylation sites (N-methyl/N-ethyl adjacent to an activating group) is 1. The number of hydrogen-bond donors (Lipinski definition) is 1. The zero-order chi connectivity index (χ0) is 22.7.